The monoisotopic (exact) mass is 449 g/mol. The molecule has 1 spiro atoms. The lowest BCUT2D eigenvalue weighted by molar-refractivity contribution is -0.0943. The standard InChI is InChI=1S/C25H27N3O5/c1-30-17-3-4-20-19(15-17)18-6-11-33-25(23(18)27-20)7-9-28(10-8-25)24(29)26-16-2-5-21-22(14-16)32-13-12-31-21/h2-5,14-15,27H,6-13H2,1H3,(H,26,29). The number of amides is 2. The van der Waals surface area contributed by atoms with Gasteiger partial charge in [-0.3, -0.25) is 0 Å². The van der Waals surface area contributed by atoms with Crippen LogP contribution in [0.5, 0.6) is 17.2 Å². The van der Waals surface area contributed by atoms with E-state index in [-0.39, 0.29) is 11.6 Å². The number of hydrogen-bond acceptors (Lipinski definition) is 5. The molecule has 1 aromatic heterocycles. The van der Waals surface area contributed by atoms with Crippen molar-refractivity contribution in [2.75, 3.05) is 45.3 Å². The summed E-state index contributed by atoms with van der Waals surface area (Å²) in [5, 5.41) is 4.20. The van der Waals surface area contributed by atoms with E-state index in [1.807, 2.05) is 29.2 Å². The molecular formula is C25H27N3O5. The third-order valence-corrected chi connectivity index (χ3v) is 6.95. The van der Waals surface area contributed by atoms with Crippen LogP contribution in [0, 0.1) is 0 Å². The summed E-state index contributed by atoms with van der Waals surface area (Å²) in [6.45, 7) is 2.98. The van der Waals surface area contributed by atoms with Crippen LogP contribution in [0.3, 0.4) is 0 Å². The predicted molar refractivity (Wildman–Crippen MR) is 123 cm³/mol. The number of carbonyl (C=O) groups excluding carboxylic acids is 1. The fourth-order valence-corrected chi connectivity index (χ4v) is 5.21. The topological polar surface area (TPSA) is 85.1 Å². The van der Waals surface area contributed by atoms with Gasteiger partial charge in [-0.2, -0.15) is 0 Å². The smallest absolute Gasteiger partial charge is 0.321 e. The van der Waals surface area contributed by atoms with Crippen molar-refractivity contribution in [1.29, 1.82) is 0 Å². The molecule has 3 aliphatic heterocycles. The van der Waals surface area contributed by atoms with E-state index in [2.05, 4.69) is 22.4 Å². The molecule has 6 rings (SSSR count). The van der Waals surface area contributed by atoms with Crippen molar-refractivity contribution in [3.8, 4) is 17.2 Å². The number of piperidine rings is 1. The summed E-state index contributed by atoms with van der Waals surface area (Å²) in [4.78, 5) is 18.4. The Balaban J connectivity index is 1.18. The Morgan fingerprint density at radius 1 is 1.06 bits per heavy atom. The number of carbonyl (C=O) groups is 1. The van der Waals surface area contributed by atoms with E-state index in [9.17, 15) is 4.79 Å². The zero-order valence-corrected chi connectivity index (χ0v) is 18.6. The van der Waals surface area contributed by atoms with Crippen LogP contribution in [0.15, 0.2) is 36.4 Å². The van der Waals surface area contributed by atoms with Gasteiger partial charge in [0.15, 0.2) is 11.5 Å². The normalized spacial score (nSPS) is 18.8. The highest BCUT2D eigenvalue weighted by Gasteiger charge is 2.43. The summed E-state index contributed by atoms with van der Waals surface area (Å²) in [6, 6.07) is 11.5. The second-order valence-electron chi connectivity index (χ2n) is 8.76. The molecule has 2 aromatic carbocycles. The van der Waals surface area contributed by atoms with Gasteiger partial charge in [0.2, 0.25) is 0 Å². The van der Waals surface area contributed by atoms with Gasteiger partial charge in [-0.1, -0.05) is 0 Å². The molecule has 3 aliphatic rings. The Hall–Kier alpha value is -3.39. The van der Waals surface area contributed by atoms with Crippen molar-refractivity contribution in [2.24, 2.45) is 0 Å². The fourth-order valence-electron chi connectivity index (χ4n) is 5.21. The van der Waals surface area contributed by atoms with Crippen LogP contribution < -0.4 is 19.5 Å². The fraction of sp³-hybridized carbons (Fsp3) is 0.400. The molecule has 0 aliphatic carbocycles. The number of ether oxygens (including phenoxy) is 4. The first kappa shape index (κ1) is 20.2. The van der Waals surface area contributed by atoms with Gasteiger partial charge in [-0.05, 0) is 55.2 Å². The number of aromatic nitrogens is 1. The number of nitrogens with one attached hydrogen (secondary N) is 2. The Kier molecular flexibility index (Phi) is 4.83. The average Bonchev–Trinajstić information content (AvgIpc) is 3.24. The lowest BCUT2D eigenvalue weighted by Crippen LogP contribution is -2.49. The number of hydrogen-bond donors (Lipinski definition) is 2. The van der Waals surface area contributed by atoms with E-state index in [0.29, 0.717) is 50.1 Å². The van der Waals surface area contributed by atoms with Crippen LogP contribution in [0.25, 0.3) is 10.9 Å². The molecule has 0 saturated carbocycles. The minimum absolute atomic E-state index is 0.112. The van der Waals surface area contributed by atoms with E-state index in [1.54, 1.807) is 7.11 Å². The van der Waals surface area contributed by atoms with E-state index in [4.69, 9.17) is 18.9 Å². The van der Waals surface area contributed by atoms with Gasteiger partial charge in [0.25, 0.3) is 0 Å². The molecule has 2 amide bonds. The highest BCUT2D eigenvalue weighted by atomic mass is 16.6. The Morgan fingerprint density at radius 2 is 1.88 bits per heavy atom. The van der Waals surface area contributed by atoms with Crippen LogP contribution in [0.4, 0.5) is 10.5 Å². The zero-order valence-electron chi connectivity index (χ0n) is 18.6. The molecule has 1 saturated heterocycles. The minimum atomic E-state index is -0.381. The molecule has 33 heavy (non-hydrogen) atoms. The number of H-pyrrole nitrogens is 1. The second-order valence-corrected chi connectivity index (χ2v) is 8.76. The van der Waals surface area contributed by atoms with Crippen LogP contribution >= 0.6 is 0 Å². The van der Waals surface area contributed by atoms with E-state index in [1.165, 1.54) is 10.9 Å². The number of aromatic amines is 1. The first-order valence-corrected chi connectivity index (χ1v) is 11.4. The summed E-state index contributed by atoms with van der Waals surface area (Å²) in [7, 11) is 1.69. The van der Waals surface area contributed by atoms with Gasteiger partial charge in [0.1, 0.15) is 24.6 Å². The van der Waals surface area contributed by atoms with Gasteiger partial charge in [-0.15, -0.1) is 0 Å². The Morgan fingerprint density at radius 3 is 2.70 bits per heavy atom. The number of nitrogens with zero attached hydrogens (tertiary/aromatic N) is 1. The maximum Gasteiger partial charge on any atom is 0.321 e. The quantitative estimate of drug-likeness (QED) is 0.617. The summed E-state index contributed by atoms with van der Waals surface area (Å²) in [6.07, 6.45) is 2.37. The van der Waals surface area contributed by atoms with Crippen molar-refractivity contribution in [3.63, 3.8) is 0 Å². The molecule has 0 unspecified atom stereocenters. The molecule has 172 valence electrons. The summed E-state index contributed by atoms with van der Waals surface area (Å²) in [5.74, 6) is 2.23. The molecule has 0 atom stereocenters. The predicted octanol–water partition coefficient (Wildman–Crippen LogP) is 4.04. The molecule has 8 nitrogen and oxygen atoms in total. The van der Waals surface area contributed by atoms with Crippen LogP contribution in [-0.2, 0) is 16.8 Å². The molecule has 8 heteroatoms. The van der Waals surface area contributed by atoms with Crippen LogP contribution in [-0.4, -0.2) is 55.9 Å². The van der Waals surface area contributed by atoms with Crippen LogP contribution in [0.2, 0.25) is 0 Å². The number of fused-ring (bicyclic) bond motifs is 5. The lowest BCUT2D eigenvalue weighted by atomic mass is 9.83. The Bertz CT molecular complexity index is 1210. The molecule has 0 radical (unpaired) electrons. The van der Waals surface area contributed by atoms with E-state index < -0.39 is 0 Å². The summed E-state index contributed by atoms with van der Waals surface area (Å²) >= 11 is 0. The molecular weight excluding hydrogens is 422 g/mol. The highest BCUT2D eigenvalue weighted by molar-refractivity contribution is 5.90. The van der Waals surface area contributed by atoms with Gasteiger partial charge in [-0.25, -0.2) is 4.79 Å². The van der Waals surface area contributed by atoms with Gasteiger partial charge in [0, 0.05) is 35.7 Å². The van der Waals surface area contributed by atoms with Crippen molar-refractivity contribution in [3.05, 3.63) is 47.7 Å². The number of rotatable bonds is 2. The van der Waals surface area contributed by atoms with Gasteiger partial charge < -0.3 is 34.1 Å². The number of methoxy groups -OCH3 is 1. The van der Waals surface area contributed by atoms with Crippen molar-refractivity contribution >= 4 is 22.6 Å². The molecule has 0 bridgehead atoms. The van der Waals surface area contributed by atoms with Crippen LogP contribution in [0.1, 0.15) is 24.1 Å². The van der Waals surface area contributed by atoms with Crippen molar-refractivity contribution in [2.45, 2.75) is 24.9 Å². The van der Waals surface area contributed by atoms with E-state index >= 15 is 0 Å². The third kappa shape index (κ3) is 3.45. The number of urea groups is 1. The first-order chi connectivity index (χ1) is 16.1. The number of anilines is 1. The SMILES string of the molecule is COc1ccc2[nH]c3c(c2c1)CCOC31CCN(C(=O)Nc2ccc3c(c2)OCCO3)CC1. The summed E-state index contributed by atoms with van der Waals surface area (Å²) < 4.78 is 23.0. The summed E-state index contributed by atoms with van der Waals surface area (Å²) in [5.41, 5.74) is 3.89. The van der Waals surface area contributed by atoms with E-state index in [0.717, 1.165) is 36.2 Å². The third-order valence-electron chi connectivity index (χ3n) is 6.95. The van der Waals surface area contributed by atoms with Crippen molar-refractivity contribution in [1.82, 2.24) is 9.88 Å². The maximum atomic E-state index is 12.9. The highest BCUT2D eigenvalue weighted by Crippen LogP contribution is 2.44. The second kappa shape index (κ2) is 7.88. The lowest BCUT2D eigenvalue weighted by Gasteiger charge is -2.43. The van der Waals surface area contributed by atoms with Gasteiger partial charge in [0.05, 0.1) is 19.4 Å². The molecule has 1 fully saturated rings. The van der Waals surface area contributed by atoms with Gasteiger partial charge >= 0.3 is 6.03 Å². The number of benzene rings is 2. The first-order valence-electron chi connectivity index (χ1n) is 11.4. The number of likely N-dealkylation sites (tertiary alicyclic amines) is 1. The molecule has 4 heterocycles. The molecule has 3 aromatic rings. The average molecular weight is 450 g/mol. The minimum Gasteiger partial charge on any atom is -0.497 e. The Labute approximate surface area is 191 Å². The maximum absolute atomic E-state index is 12.9. The largest absolute Gasteiger partial charge is 0.497 e. The molecule has 2 N–H and O–H groups in total. The van der Waals surface area contributed by atoms with Crippen molar-refractivity contribution < 1.29 is 23.7 Å². The zero-order chi connectivity index (χ0) is 22.4.